The number of rotatable bonds is 12. The fourth-order valence-corrected chi connectivity index (χ4v) is 8.88. The van der Waals surface area contributed by atoms with E-state index in [2.05, 4.69) is 65.2 Å². The van der Waals surface area contributed by atoms with Gasteiger partial charge in [-0.2, -0.15) is 0 Å². The Bertz CT molecular complexity index is 1200. The summed E-state index contributed by atoms with van der Waals surface area (Å²) in [6.45, 7) is 18.1. The second kappa shape index (κ2) is 14.4. The average molecular weight is 651 g/mol. The Kier molecular flexibility index (Phi) is 11.3. The van der Waals surface area contributed by atoms with Crippen molar-refractivity contribution in [1.29, 1.82) is 0 Å². The van der Waals surface area contributed by atoms with Crippen LogP contribution in [0.3, 0.4) is 0 Å². The van der Waals surface area contributed by atoms with E-state index in [0.29, 0.717) is 38.8 Å². The van der Waals surface area contributed by atoms with Gasteiger partial charge in [-0.15, -0.1) is 0 Å². The van der Waals surface area contributed by atoms with Crippen molar-refractivity contribution in [1.82, 2.24) is 9.80 Å². The van der Waals surface area contributed by atoms with E-state index in [0.717, 1.165) is 11.1 Å². The van der Waals surface area contributed by atoms with Crippen LogP contribution in [0.15, 0.2) is 60.7 Å². The monoisotopic (exact) mass is 650 g/mol. The van der Waals surface area contributed by atoms with Crippen molar-refractivity contribution in [3.63, 3.8) is 0 Å². The Morgan fingerprint density at radius 2 is 0.915 bits per heavy atom. The second-order valence-corrected chi connectivity index (χ2v) is 16.3. The lowest BCUT2D eigenvalue weighted by molar-refractivity contribution is -0.189. The number of aliphatic hydroxyl groups excluding tert-OH is 2. The minimum absolute atomic E-state index is 0.0486. The molecule has 0 spiro atoms. The minimum Gasteiger partial charge on any atom is -0.461 e. The Hall–Kier alpha value is -2.78. The Labute approximate surface area is 282 Å². The van der Waals surface area contributed by atoms with E-state index in [9.17, 15) is 19.8 Å². The van der Waals surface area contributed by atoms with Crippen molar-refractivity contribution in [3.05, 3.63) is 71.8 Å². The first-order valence-electron chi connectivity index (χ1n) is 17.2. The predicted octanol–water partition coefficient (Wildman–Crippen LogP) is 5.57. The van der Waals surface area contributed by atoms with Gasteiger partial charge in [0.25, 0.3) is 0 Å². The van der Waals surface area contributed by atoms with Crippen LogP contribution >= 0.6 is 0 Å². The molecule has 0 aliphatic carbocycles. The maximum Gasteiger partial charge on any atom is 0.324 e. The quantitative estimate of drug-likeness (QED) is 0.227. The van der Waals surface area contributed by atoms with Crippen molar-refractivity contribution in [2.45, 2.75) is 128 Å². The molecule has 2 fully saturated rings. The summed E-state index contributed by atoms with van der Waals surface area (Å²) in [6, 6.07) is 19.3. The van der Waals surface area contributed by atoms with Gasteiger partial charge in [0.15, 0.2) is 5.41 Å². The molecule has 0 aromatic heterocycles. The summed E-state index contributed by atoms with van der Waals surface area (Å²) in [6.07, 6.45) is 1.78. The number of nitrogens with zero attached hydrogens (tertiary/aromatic N) is 2. The highest BCUT2D eigenvalue weighted by Crippen LogP contribution is 2.43. The van der Waals surface area contributed by atoms with E-state index >= 15 is 0 Å². The van der Waals surface area contributed by atoms with E-state index in [1.54, 1.807) is 0 Å². The third kappa shape index (κ3) is 8.45. The molecule has 0 unspecified atom stereocenters. The molecule has 2 saturated heterocycles. The van der Waals surface area contributed by atoms with Crippen molar-refractivity contribution in [3.8, 4) is 0 Å². The Morgan fingerprint density at radius 3 is 1.19 bits per heavy atom. The number of aliphatic hydroxyl groups is 2. The molecular weight excluding hydrogens is 592 g/mol. The number of esters is 2. The number of ether oxygens (including phenoxy) is 2. The zero-order chi connectivity index (χ0) is 34.7. The third-order valence-corrected chi connectivity index (χ3v) is 10.5. The van der Waals surface area contributed by atoms with Gasteiger partial charge in [-0.05, 0) is 79.4 Å². The summed E-state index contributed by atoms with van der Waals surface area (Å²) in [7, 11) is 0. The third-order valence-electron chi connectivity index (χ3n) is 10.5. The first kappa shape index (κ1) is 37.0. The minimum atomic E-state index is -1.62. The van der Waals surface area contributed by atoms with Gasteiger partial charge in [-0.25, -0.2) is 0 Å². The van der Waals surface area contributed by atoms with Crippen LogP contribution in [0.1, 0.15) is 92.2 Å². The summed E-state index contributed by atoms with van der Waals surface area (Å²) in [4.78, 5) is 34.2. The normalized spacial score (nSPS) is 21.7. The Balaban J connectivity index is 1.73. The van der Waals surface area contributed by atoms with Crippen LogP contribution in [0.25, 0.3) is 0 Å². The number of β-amino-alcohol motifs (C(OH)–C–C–N with tert-alkyl or cyclic N) is 2. The fourth-order valence-electron chi connectivity index (χ4n) is 8.88. The largest absolute Gasteiger partial charge is 0.461 e. The van der Waals surface area contributed by atoms with Crippen LogP contribution in [-0.4, -0.2) is 92.6 Å². The highest BCUT2D eigenvalue weighted by atomic mass is 16.6. The van der Waals surface area contributed by atoms with Gasteiger partial charge in [0, 0.05) is 60.9 Å². The number of likely N-dealkylation sites (tertiary alicyclic amines) is 2. The summed E-state index contributed by atoms with van der Waals surface area (Å²) in [5, 5.41) is 19.6. The summed E-state index contributed by atoms with van der Waals surface area (Å²) >= 11 is 0. The van der Waals surface area contributed by atoms with Crippen molar-refractivity contribution in [2.75, 3.05) is 26.3 Å². The van der Waals surface area contributed by atoms with Gasteiger partial charge in [-0.3, -0.25) is 19.4 Å². The van der Waals surface area contributed by atoms with Crippen LogP contribution in [-0.2, 0) is 31.9 Å². The Morgan fingerprint density at radius 1 is 0.617 bits per heavy atom. The molecule has 0 saturated carbocycles. The molecule has 0 atom stereocenters. The van der Waals surface area contributed by atoms with Crippen LogP contribution < -0.4 is 0 Å². The molecular formula is C39H58N2O6. The second-order valence-electron chi connectivity index (χ2n) is 16.3. The first-order chi connectivity index (χ1) is 22.0. The molecule has 2 aromatic rings. The standard InChI is InChI=1S/C39H58N2O6/c1-35(2)25-31(26-36(3,4)40(35)19-21-42)46-33(44)39(23-29-15-11-9-12-16-29,24-30-17-13-10-14-18-30)34(45)47-32-27-37(5,6)41(20-22-43)38(7,8)28-32/h9-18,31-32,42-43H,19-28H2,1-8H3. The van der Waals surface area contributed by atoms with Crippen LogP contribution in [0.2, 0.25) is 0 Å². The smallest absolute Gasteiger partial charge is 0.324 e. The molecule has 0 radical (unpaired) electrons. The summed E-state index contributed by atoms with van der Waals surface area (Å²) in [5.74, 6) is -1.11. The van der Waals surface area contributed by atoms with Gasteiger partial charge < -0.3 is 19.7 Å². The molecule has 8 heteroatoms. The van der Waals surface area contributed by atoms with Gasteiger partial charge in [-0.1, -0.05) is 60.7 Å². The highest BCUT2D eigenvalue weighted by molar-refractivity contribution is 6.01. The molecule has 8 nitrogen and oxygen atoms in total. The topological polar surface area (TPSA) is 99.5 Å². The zero-order valence-corrected chi connectivity index (χ0v) is 29.9. The number of carbonyl (C=O) groups is 2. The van der Waals surface area contributed by atoms with Gasteiger partial charge in [0.1, 0.15) is 12.2 Å². The lowest BCUT2D eigenvalue weighted by Crippen LogP contribution is -2.63. The SMILES string of the molecule is CC1(C)CC(OC(=O)C(Cc2ccccc2)(Cc2ccccc2)C(=O)OC2CC(C)(C)N(CCO)C(C)(C)C2)CC(C)(C)N1CCO. The molecule has 2 aromatic carbocycles. The van der Waals surface area contributed by atoms with Crippen LogP contribution in [0.4, 0.5) is 0 Å². The van der Waals surface area contributed by atoms with Crippen LogP contribution in [0.5, 0.6) is 0 Å². The van der Waals surface area contributed by atoms with Crippen LogP contribution in [0, 0.1) is 5.41 Å². The summed E-state index contributed by atoms with van der Waals surface area (Å²) < 4.78 is 13.0. The molecule has 4 rings (SSSR count). The maximum absolute atomic E-state index is 14.8. The first-order valence-corrected chi connectivity index (χ1v) is 17.2. The van der Waals surface area contributed by atoms with Gasteiger partial charge >= 0.3 is 11.9 Å². The number of carbonyl (C=O) groups excluding carboxylic acids is 2. The fraction of sp³-hybridized carbons (Fsp3) is 0.641. The molecule has 0 bridgehead atoms. The summed E-state index contributed by atoms with van der Waals surface area (Å²) in [5.41, 5.74) is -1.25. The molecule has 2 aliphatic heterocycles. The molecule has 2 aliphatic rings. The molecule has 260 valence electrons. The van der Waals surface area contributed by atoms with Gasteiger partial charge in [0.2, 0.25) is 0 Å². The van der Waals surface area contributed by atoms with E-state index < -0.39 is 29.6 Å². The van der Waals surface area contributed by atoms with Crippen molar-refractivity contribution in [2.24, 2.45) is 5.41 Å². The number of piperidine rings is 2. The highest BCUT2D eigenvalue weighted by Gasteiger charge is 2.54. The zero-order valence-electron chi connectivity index (χ0n) is 29.9. The number of hydrogen-bond donors (Lipinski definition) is 2. The molecule has 2 N–H and O–H groups in total. The van der Waals surface area contributed by atoms with E-state index in [-0.39, 0.29) is 48.2 Å². The lowest BCUT2D eigenvalue weighted by atomic mass is 9.75. The predicted molar refractivity (Wildman–Crippen MR) is 185 cm³/mol. The van der Waals surface area contributed by atoms with E-state index in [1.165, 1.54) is 0 Å². The average Bonchev–Trinajstić information content (AvgIpc) is 2.96. The van der Waals surface area contributed by atoms with E-state index in [1.807, 2.05) is 60.7 Å². The maximum atomic E-state index is 14.8. The molecule has 0 amide bonds. The van der Waals surface area contributed by atoms with Gasteiger partial charge in [0.05, 0.1) is 13.2 Å². The van der Waals surface area contributed by atoms with E-state index in [4.69, 9.17) is 9.47 Å². The lowest BCUT2D eigenvalue weighted by Gasteiger charge is -2.55. The molecule has 2 heterocycles. The molecule has 47 heavy (non-hydrogen) atoms. The number of hydrogen-bond acceptors (Lipinski definition) is 8. The van der Waals surface area contributed by atoms with Crippen molar-refractivity contribution >= 4 is 11.9 Å². The van der Waals surface area contributed by atoms with Crippen molar-refractivity contribution < 1.29 is 29.3 Å². The number of benzene rings is 2.